The second kappa shape index (κ2) is 45.6. The lowest BCUT2D eigenvalue weighted by Gasteiger charge is -2.24. The number of hydrogen-bond donors (Lipinski definition) is 1. The lowest BCUT2D eigenvalue weighted by Crippen LogP contribution is -2.37. The van der Waals surface area contributed by atoms with Crippen LogP contribution in [0.1, 0.15) is 162 Å². The summed E-state index contributed by atoms with van der Waals surface area (Å²) in [6.07, 6.45) is 64.4. The molecule has 368 valence electrons. The van der Waals surface area contributed by atoms with E-state index in [9.17, 15) is 19.0 Å². The monoisotopic (exact) mass is 925 g/mol. The highest BCUT2D eigenvalue weighted by atomic mass is 31.2. The summed E-state index contributed by atoms with van der Waals surface area (Å²) in [5, 5.41) is 0. The SMILES string of the molecule is CC/C=C\C/C=C\C/C=C\C/C=C\C/C=C\C/C=C\C/C=C\C/C=C\C/C=C\C/C=C\CCCCCCC(=O)OC(COC(=O)CCCCCCCC)COP(=O)(O)OCC[N+](C)(C)C. The molecule has 2 unspecified atom stereocenters. The van der Waals surface area contributed by atoms with Gasteiger partial charge in [-0.15, -0.1) is 0 Å². The molecular formula is C55H91NO8P+. The van der Waals surface area contributed by atoms with Gasteiger partial charge in [-0.2, -0.15) is 0 Å². The Morgan fingerprint density at radius 2 is 0.877 bits per heavy atom. The summed E-state index contributed by atoms with van der Waals surface area (Å²) in [5.74, 6) is -0.850. The van der Waals surface area contributed by atoms with Gasteiger partial charge >= 0.3 is 19.8 Å². The molecule has 0 saturated carbocycles. The molecule has 0 amide bonds. The third kappa shape index (κ3) is 49.7. The second-order valence-electron chi connectivity index (χ2n) is 17.1. The lowest BCUT2D eigenvalue weighted by atomic mass is 10.1. The van der Waals surface area contributed by atoms with E-state index in [1.807, 2.05) is 21.1 Å². The van der Waals surface area contributed by atoms with Crippen molar-refractivity contribution in [3.8, 4) is 0 Å². The Hall–Kier alpha value is -3.59. The molecule has 0 aromatic heterocycles. The minimum Gasteiger partial charge on any atom is -0.462 e. The number of carbonyl (C=O) groups excluding carboxylic acids is 2. The number of allylic oxidation sites excluding steroid dienone is 20. The number of likely N-dealkylation sites (N-methyl/N-ethyl adjacent to an activating group) is 1. The first-order valence-electron chi connectivity index (χ1n) is 24.8. The molecule has 0 fully saturated rings. The van der Waals surface area contributed by atoms with E-state index in [2.05, 4.69) is 135 Å². The number of hydrogen-bond acceptors (Lipinski definition) is 7. The molecule has 0 heterocycles. The standard InChI is InChI=1S/C55H90NO8P/c1-6-8-10-12-14-15-16-17-18-19-20-21-22-23-24-25-26-27-28-29-30-31-32-33-34-35-36-37-38-39-40-41-42-44-46-48-55(58)64-53(51-61-54(57)47-45-43-13-11-9-7-2)52-63-65(59,60)62-50-49-56(3,4)5/h8,10,14-15,17-18,20-21,23-24,26-27,29-30,32-33,35-36,38-39,53H,6-7,9,11-13,16,19,22,25,28,31,34,37,40-52H2,1-5H3/p+1/b10-8-,15-14-,18-17-,21-20-,24-23-,27-26-,30-29-,33-32-,36-35-,39-38-. The Morgan fingerprint density at radius 1 is 0.492 bits per heavy atom. The van der Waals surface area contributed by atoms with Crippen LogP contribution in [0.2, 0.25) is 0 Å². The molecule has 0 aromatic carbocycles. The van der Waals surface area contributed by atoms with Crippen LogP contribution in [0, 0.1) is 0 Å². The fourth-order valence-corrected chi connectivity index (χ4v) is 6.66. The maximum Gasteiger partial charge on any atom is 0.472 e. The van der Waals surface area contributed by atoms with Gasteiger partial charge in [-0.1, -0.05) is 180 Å². The molecule has 0 spiro atoms. The van der Waals surface area contributed by atoms with Crippen molar-refractivity contribution in [1.29, 1.82) is 0 Å². The minimum atomic E-state index is -4.38. The van der Waals surface area contributed by atoms with Crippen LogP contribution in [0.4, 0.5) is 0 Å². The fourth-order valence-electron chi connectivity index (χ4n) is 5.92. The Balaban J connectivity index is 4.15. The molecule has 0 rings (SSSR count). The molecule has 0 aliphatic heterocycles. The lowest BCUT2D eigenvalue weighted by molar-refractivity contribution is -0.870. The van der Waals surface area contributed by atoms with Crippen LogP contribution in [-0.2, 0) is 32.7 Å². The van der Waals surface area contributed by atoms with Gasteiger partial charge in [0.25, 0.3) is 0 Å². The number of esters is 2. The van der Waals surface area contributed by atoms with E-state index in [0.717, 1.165) is 122 Å². The van der Waals surface area contributed by atoms with Crippen LogP contribution in [0.3, 0.4) is 0 Å². The summed E-state index contributed by atoms with van der Waals surface area (Å²) in [6.45, 7) is 4.17. The zero-order chi connectivity index (χ0) is 47.8. The minimum absolute atomic E-state index is 0.0203. The van der Waals surface area contributed by atoms with Gasteiger partial charge in [0.2, 0.25) is 0 Å². The summed E-state index contributed by atoms with van der Waals surface area (Å²) in [4.78, 5) is 35.2. The predicted molar refractivity (Wildman–Crippen MR) is 274 cm³/mol. The van der Waals surface area contributed by atoms with Gasteiger partial charge in [-0.25, -0.2) is 4.57 Å². The maximum absolute atomic E-state index is 12.7. The largest absolute Gasteiger partial charge is 0.472 e. The quantitative estimate of drug-likeness (QED) is 0.0212. The third-order valence-electron chi connectivity index (χ3n) is 9.76. The van der Waals surface area contributed by atoms with E-state index < -0.39 is 32.5 Å². The number of unbranched alkanes of at least 4 members (excludes halogenated alkanes) is 9. The van der Waals surface area contributed by atoms with Crippen molar-refractivity contribution >= 4 is 19.8 Å². The van der Waals surface area contributed by atoms with Gasteiger partial charge < -0.3 is 18.9 Å². The number of quaternary nitrogens is 1. The van der Waals surface area contributed by atoms with Crippen molar-refractivity contribution in [3.05, 3.63) is 122 Å². The first-order chi connectivity index (χ1) is 31.5. The molecule has 0 radical (unpaired) electrons. The van der Waals surface area contributed by atoms with Crippen LogP contribution < -0.4 is 0 Å². The van der Waals surface area contributed by atoms with E-state index in [0.29, 0.717) is 17.4 Å². The predicted octanol–water partition coefficient (Wildman–Crippen LogP) is 14.9. The van der Waals surface area contributed by atoms with E-state index in [1.165, 1.54) is 6.42 Å². The van der Waals surface area contributed by atoms with Gasteiger partial charge in [0.1, 0.15) is 19.8 Å². The number of nitrogens with zero attached hydrogens (tertiary/aromatic N) is 1. The number of ether oxygens (including phenoxy) is 2. The molecule has 0 bridgehead atoms. The topological polar surface area (TPSA) is 108 Å². The number of rotatable bonds is 43. The van der Waals surface area contributed by atoms with Gasteiger partial charge in [0, 0.05) is 12.8 Å². The smallest absolute Gasteiger partial charge is 0.462 e. The summed E-state index contributed by atoms with van der Waals surface area (Å²) in [5.41, 5.74) is 0. The van der Waals surface area contributed by atoms with Crippen LogP contribution in [0.5, 0.6) is 0 Å². The molecular weight excluding hydrogens is 834 g/mol. The van der Waals surface area contributed by atoms with E-state index in [4.69, 9.17) is 18.5 Å². The number of phosphoric ester groups is 1. The van der Waals surface area contributed by atoms with Gasteiger partial charge in [-0.05, 0) is 89.9 Å². The fraction of sp³-hybridized carbons (Fsp3) is 0.600. The van der Waals surface area contributed by atoms with Crippen LogP contribution in [0.25, 0.3) is 0 Å². The van der Waals surface area contributed by atoms with Crippen molar-refractivity contribution in [2.45, 2.75) is 168 Å². The summed E-state index contributed by atoms with van der Waals surface area (Å²) < 4.78 is 34.1. The average Bonchev–Trinajstić information content (AvgIpc) is 3.26. The van der Waals surface area contributed by atoms with Crippen molar-refractivity contribution in [2.24, 2.45) is 0 Å². The molecule has 2 atom stereocenters. The highest BCUT2D eigenvalue weighted by Crippen LogP contribution is 2.43. The van der Waals surface area contributed by atoms with Crippen LogP contribution >= 0.6 is 7.82 Å². The van der Waals surface area contributed by atoms with E-state index in [1.54, 1.807) is 0 Å². The zero-order valence-electron chi connectivity index (χ0n) is 41.4. The highest BCUT2D eigenvalue weighted by molar-refractivity contribution is 7.47. The molecule has 0 saturated heterocycles. The molecule has 65 heavy (non-hydrogen) atoms. The Morgan fingerprint density at radius 3 is 1.31 bits per heavy atom. The van der Waals surface area contributed by atoms with Crippen LogP contribution in [-0.4, -0.2) is 74.9 Å². The van der Waals surface area contributed by atoms with Crippen molar-refractivity contribution in [2.75, 3.05) is 47.5 Å². The third-order valence-corrected chi connectivity index (χ3v) is 10.7. The molecule has 9 nitrogen and oxygen atoms in total. The molecule has 1 N–H and O–H groups in total. The Bertz CT molecular complexity index is 1510. The van der Waals surface area contributed by atoms with Gasteiger partial charge in [-0.3, -0.25) is 18.6 Å². The first-order valence-corrected chi connectivity index (χ1v) is 26.3. The van der Waals surface area contributed by atoms with Crippen LogP contribution in [0.15, 0.2) is 122 Å². The molecule has 0 aliphatic rings. The summed E-state index contributed by atoms with van der Waals surface area (Å²) in [7, 11) is 1.44. The van der Waals surface area contributed by atoms with Crippen molar-refractivity contribution < 1.29 is 42.1 Å². The maximum atomic E-state index is 12.7. The highest BCUT2D eigenvalue weighted by Gasteiger charge is 2.27. The van der Waals surface area contributed by atoms with Gasteiger partial charge in [0.05, 0.1) is 27.7 Å². The number of carbonyl (C=O) groups is 2. The van der Waals surface area contributed by atoms with Gasteiger partial charge in [0.15, 0.2) is 6.10 Å². The van der Waals surface area contributed by atoms with Crippen molar-refractivity contribution in [3.63, 3.8) is 0 Å². The average molecular weight is 925 g/mol. The van der Waals surface area contributed by atoms with E-state index in [-0.39, 0.29) is 26.1 Å². The summed E-state index contributed by atoms with van der Waals surface area (Å²) >= 11 is 0. The second-order valence-corrected chi connectivity index (χ2v) is 18.6. The number of phosphoric acid groups is 1. The Kier molecular flexibility index (Phi) is 43.0. The molecule has 0 aliphatic carbocycles. The summed E-state index contributed by atoms with van der Waals surface area (Å²) in [6, 6.07) is 0. The normalized spacial score (nSPS) is 14.5. The first kappa shape index (κ1) is 61.4. The van der Waals surface area contributed by atoms with E-state index >= 15 is 0 Å². The zero-order valence-corrected chi connectivity index (χ0v) is 42.3. The van der Waals surface area contributed by atoms with Crippen molar-refractivity contribution in [1.82, 2.24) is 0 Å². The Labute approximate surface area is 397 Å². The molecule has 10 heteroatoms. The molecule has 0 aromatic rings.